The molecule has 0 aromatic carbocycles. The summed E-state index contributed by atoms with van der Waals surface area (Å²) in [6.07, 6.45) is 50.5. The highest BCUT2D eigenvalue weighted by atomic mass is 28.5. The van der Waals surface area contributed by atoms with Gasteiger partial charge in [-0.25, -0.2) is 0 Å². The zero-order valence-electron chi connectivity index (χ0n) is 84.3. The quantitative estimate of drug-likeness (QED) is 0.0314. The van der Waals surface area contributed by atoms with Crippen LogP contribution in [-0.2, 0) is 98.7 Å². The van der Waals surface area contributed by atoms with Gasteiger partial charge in [0.2, 0.25) is 0 Å². The minimum atomic E-state index is -2.89. The summed E-state index contributed by atoms with van der Waals surface area (Å²) in [7, 11) is -23.9. The molecule has 0 spiro atoms. The fraction of sp³-hybridized carbons (Fsp3) is 0.988. The summed E-state index contributed by atoms with van der Waals surface area (Å²) in [5.74, 6) is -0.594. The summed E-state index contributed by atoms with van der Waals surface area (Å²) in [6, 6.07) is 7.78. The predicted molar refractivity (Wildman–Crippen MR) is 533 cm³/mol. The molecule has 3 aliphatic heterocycles. The van der Waals surface area contributed by atoms with E-state index in [-0.39, 0.29) is 18.5 Å². The van der Waals surface area contributed by atoms with Crippen molar-refractivity contribution in [3.05, 3.63) is 0 Å². The SMILES string of the molecule is CCCCCCCCCCCC[Si]1(C)O[Si](C)(C)O[Si](C)(CC(C)C(=O)OCCC[Si](OC)(OC)OC)O[Si](C)(CCCCCCCCCCCC)O1.CCCCCCCCCCCC[Si]1(C)O[Si](C)(C)O[Si](C)(CC[Si](OC)(OC)OC)O[Si](C)(C)O1.CCCCCCCCCC[Si]1(C)O[Si](C)(C)O[Si](C)(CC[Si](OC)(OC)OC)O[Si](C)(C)O1. The molecule has 0 radical (unpaired) electrons. The third-order valence-corrected chi connectivity index (χ3v) is 85.3. The molecule has 4 atom stereocenters. The van der Waals surface area contributed by atoms with Gasteiger partial charge in [-0.15, -0.1) is 0 Å². The molecular formula is C83H194O23Si15. The molecule has 0 amide bonds. The Morgan fingerprint density at radius 1 is 0.231 bits per heavy atom. The van der Waals surface area contributed by atoms with E-state index in [2.05, 4.69) is 139 Å². The maximum atomic E-state index is 13.3. The second-order valence-electron chi connectivity index (χ2n) is 38.4. The van der Waals surface area contributed by atoms with Gasteiger partial charge >= 0.3 is 135 Å². The molecular weight excluding hydrogens is 1790 g/mol. The van der Waals surface area contributed by atoms with Crippen LogP contribution >= 0.6 is 0 Å². The molecule has 38 heteroatoms. The lowest BCUT2D eigenvalue weighted by molar-refractivity contribution is -0.147. The third-order valence-electron chi connectivity index (χ3n) is 23.4. The van der Waals surface area contributed by atoms with E-state index in [0.717, 1.165) is 61.9 Å². The van der Waals surface area contributed by atoms with Crippen LogP contribution in [0.5, 0.6) is 0 Å². The molecule has 0 saturated carbocycles. The molecule has 0 bridgehead atoms. The van der Waals surface area contributed by atoms with Gasteiger partial charge in [0.15, 0.2) is 0 Å². The summed E-state index contributed by atoms with van der Waals surface area (Å²) in [5, 5.41) is 0. The van der Waals surface area contributed by atoms with Gasteiger partial charge < -0.3 is 94.0 Å². The monoisotopic (exact) mass is 1980 g/mol. The van der Waals surface area contributed by atoms with E-state index in [1.165, 1.54) is 218 Å². The Bertz CT molecular complexity index is 2570. The van der Waals surface area contributed by atoms with Crippen LogP contribution in [-0.4, -0.2) is 206 Å². The Balaban J connectivity index is 0.000000945. The highest BCUT2D eigenvalue weighted by Crippen LogP contribution is 2.42. The van der Waals surface area contributed by atoms with E-state index in [1.807, 2.05) is 6.92 Å². The van der Waals surface area contributed by atoms with Crippen molar-refractivity contribution in [2.45, 2.75) is 457 Å². The van der Waals surface area contributed by atoms with E-state index in [4.69, 9.17) is 94.0 Å². The number of rotatable bonds is 64. The van der Waals surface area contributed by atoms with Gasteiger partial charge in [0.25, 0.3) is 0 Å². The van der Waals surface area contributed by atoms with Crippen molar-refractivity contribution in [3.63, 3.8) is 0 Å². The molecule has 3 aliphatic rings. The van der Waals surface area contributed by atoms with Gasteiger partial charge in [0.05, 0.1) is 12.5 Å². The largest absolute Gasteiger partial charge is 0.500 e. The third kappa shape index (κ3) is 53.0. The first kappa shape index (κ1) is 121. The number of carbonyl (C=O) groups is 1. The highest BCUT2D eigenvalue weighted by Gasteiger charge is 2.59. The molecule has 0 N–H and O–H groups in total. The summed E-state index contributed by atoms with van der Waals surface area (Å²) < 4.78 is 139. The standard InChI is InChI=1S/C39H86O9Si5.C23H56O7Si5.C21H52O7Si5/c1-12-14-16-18-20-22-24-26-28-30-34-50(9)45-49(7,8)46-52(11,37-38(3)39(40)44-33-32-36-53(41-4,42-5)43-6)48-51(10,47-50)35-31-29-27-25-23-21-19-17-15-13-2;1-11-12-13-14-15-16-17-18-19-20-21-33(9)27-31(5,6)29-34(10,30-32(7,8)28-33)22-23-35(24-2,25-3)26-4;1-11-12-13-14-15-16-17-18-19-31(9)25-29(5,6)27-32(10,28-30(7,8)26-31)20-21-33(22-2,23-3)24-4/h38H,12-37H2,1-11H3;11-23H2,1-10H3;11-21H2,1-10H3. The Morgan fingerprint density at radius 3 is 0.628 bits per heavy atom. The number of esters is 1. The van der Waals surface area contributed by atoms with Gasteiger partial charge in [-0.2, -0.15) is 0 Å². The van der Waals surface area contributed by atoms with Gasteiger partial charge in [-0.3, -0.25) is 4.79 Å². The molecule has 724 valence electrons. The second kappa shape index (κ2) is 61.7. The average Bonchev–Trinajstić information content (AvgIpc) is 0.765. The molecule has 3 heterocycles. The lowest BCUT2D eigenvalue weighted by atomic mass is 10.1. The predicted octanol–water partition coefficient (Wildman–Crippen LogP) is 26.3. The first-order valence-corrected chi connectivity index (χ1v) is 85.8. The van der Waals surface area contributed by atoms with Crippen LogP contribution in [0.2, 0.25) is 172 Å². The Morgan fingerprint density at radius 2 is 0.405 bits per heavy atom. The van der Waals surface area contributed by atoms with E-state index >= 15 is 0 Å². The fourth-order valence-corrected chi connectivity index (χ4v) is 93.9. The van der Waals surface area contributed by atoms with Gasteiger partial charge in [-0.1, -0.05) is 279 Å². The Kier molecular flexibility index (Phi) is 61.7. The van der Waals surface area contributed by atoms with Crippen LogP contribution < -0.4 is 0 Å². The van der Waals surface area contributed by atoms with Crippen LogP contribution in [0.1, 0.15) is 285 Å². The topological polar surface area (TPSA) is 220 Å². The minimum Gasteiger partial charge on any atom is -0.465 e. The fourth-order valence-electron chi connectivity index (χ4n) is 18.1. The number of ether oxygens (including phenoxy) is 1. The molecule has 0 aromatic rings. The molecule has 3 saturated heterocycles. The van der Waals surface area contributed by atoms with Crippen molar-refractivity contribution in [1.29, 1.82) is 0 Å². The molecule has 4 unspecified atom stereocenters. The number of carbonyl (C=O) groups excluding carboxylic acids is 1. The number of hydrogen-bond acceptors (Lipinski definition) is 23. The van der Waals surface area contributed by atoms with E-state index in [1.54, 1.807) is 64.0 Å². The van der Waals surface area contributed by atoms with Crippen LogP contribution in [0.15, 0.2) is 0 Å². The summed E-state index contributed by atoms with van der Waals surface area (Å²) >= 11 is 0. The lowest BCUT2D eigenvalue weighted by Crippen LogP contribution is -2.66. The van der Waals surface area contributed by atoms with Crippen LogP contribution in [0.25, 0.3) is 0 Å². The first-order valence-electron chi connectivity index (χ1n) is 48.2. The second-order valence-corrected chi connectivity index (χ2v) is 90.8. The summed E-state index contributed by atoms with van der Waals surface area (Å²) in [5.41, 5.74) is 0. The van der Waals surface area contributed by atoms with Gasteiger partial charge in [0, 0.05) is 88.2 Å². The average molecular weight is 1980 g/mol. The summed E-state index contributed by atoms with van der Waals surface area (Å²) in [6.45, 7) is 48.1. The zero-order valence-corrected chi connectivity index (χ0v) is 99.3. The molecule has 121 heavy (non-hydrogen) atoms. The van der Waals surface area contributed by atoms with Crippen molar-refractivity contribution in [1.82, 2.24) is 0 Å². The van der Waals surface area contributed by atoms with E-state index in [0.29, 0.717) is 30.6 Å². The maximum Gasteiger partial charge on any atom is 0.500 e. The molecule has 3 rings (SSSR count). The normalized spacial score (nSPS) is 25.9. The van der Waals surface area contributed by atoms with Crippen LogP contribution in [0.3, 0.4) is 0 Å². The first-order chi connectivity index (χ1) is 56.7. The molecule has 0 aromatic heterocycles. The zero-order chi connectivity index (χ0) is 91.6. The minimum absolute atomic E-state index is 0.230. The summed E-state index contributed by atoms with van der Waals surface area (Å²) in [4.78, 5) is 13.3. The number of hydrogen-bond donors (Lipinski definition) is 0. The molecule has 3 fully saturated rings. The number of unbranched alkanes of at least 4 members (excludes halogenated alkanes) is 34. The van der Waals surface area contributed by atoms with E-state index in [9.17, 15) is 4.79 Å². The van der Waals surface area contributed by atoms with Crippen LogP contribution in [0, 0.1) is 5.92 Å². The maximum absolute atomic E-state index is 13.3. The molecule has 23 nitrogen and oxygen atoms in total. The van der Waals surface area contributed by atoms with Crippen molar-refractivity contribution in [2.24, 2.45) is 5.92 Å². The van der Waals surface area contributed by atoms with Crippen molar-refractivity contribution in [3.8, 4) is 0 Å². The van der Waals surface area contributed by atoms with E-state index < -0.39 is 129 Å². The lowest BCUT2D eigenvalue weighted by Gasteiger charge is -2.50. The van der Waals surface area contributed by atoms with Gasteiger partial charge in [-0.05, 0) is 154 Å². The molecule has 0 aliphatic carbocycles. The Labute approximate surface area is 761 Å². The Hall–Kier alpha value is 1.88. The van der Waals surface area contributed by atoms with Crippen molar-refractivity contribution >= 4 is 135 Å². The highest BCUT2D eigenvalue weighted by molar-refractivity contribution is 6.96. The van der Waals surface area contributed by atoms with Crippen molar-refractivity contribution in [2.75, 3.05) is 70.6 Å². The van der Waals surface area contributed by atoms with Crippen molar-refractivity contribution < 1.29 is 98.7 Å². The van der Waals surface area contributed by atoms with Crippen LogP contribution in [0.4, 0.5) is 0 Å². The van der Waals surface area contributed by atoms with Gasteiger partial charge in [0.1, 0.15) is 0 Å². The smallest absolute Gasteiger partial charge is 0.465 e.